The van der Waals surface area contributed by atoms with Crippen molar-refractivity contribution in [2.75, 3.05) is 6.54 Å². The van der Waals surface area contributed by atoms with Crippen molar-refractivity contribution in [3.05, 3.63) is 0 Å². The lowest BCUT2D eigenvalue weighted by molar-refractivity contribution is -0.145. The van der Waals surface area contributed by atoms with Gasteiger partial charge in [-0.2, -0.15) is 0 Å². The molecular formula is C16H29NO2. The zero-order valence-corrected chi connectivity index (χ0v) is 12.5. The monoisotopic (exact) mass is 267 g/mol. The summed E-state index contributed by atoms with van der Waals surface area (Å²) in [4.78, 5) is 14.0. The number of carboxylic acids is 1. The summed E-state index contributed by atoms with van der Waals surface area (Å²) in [6.07, 6.45) is 9.37. The van der Waals surface area contributed by atoms with Gasteiger partial charge in [0.2, 0.25) is 0 Å². The second-order valence-electron chi connectivity index (χ2n) is 6.70. The van der Waals surface area contributed by atoms with E-state index in [-0.39, 0.29) is 6.04 Å². The fourth-order valence-electron chi connectivity index (χ4n) is 4.12. The molecule has 3 unspecified atom stereocenters. The molecule has 3 heteroatoms. The van der Waals surface area contributed by atoms with Gasteiger partial charge in [-0.1, -0.05) is 39.5 Å². The summed E-state index contributed by atoms with van der Waals surface area (Å²) in [6.45, 7) is 5.60. The molecule has 1 aliphatic heterocycles. The molecule has 1 saturated carbocycles. The highest BCUT2D eigenvalue weighted by Crippen LogP contribution is 2.36. The highest BCUT2D eigenvalue weighted by Gasteiger charge is 2.38. The molecule has 110 valence electrons. The molecule has 0 aromatic heterocycles. The molecule has 3 nitrogen and oxygen atoms in total. The first-order valence-corrected chi connectivity index (χ1v) is 8.10. The van der Waals surface area contributed by atoms with Gasteiger partial charge in [0.05, 0.1) is 0 Å². The molecule has 0 aromatic rings. The first-order valence-electron chi connectivity index (χ1n) is 8.10. The average molecular weight is 267 g/mol. The summed E-state index contributed by atoms with van der Waals surface area (Å²) >= 11 is 0. The van der Waals surface area contributed by atoms with E-state index in [4.69, 9.17) is 0 Å². The summed E-state index contributed by atoms with van der Waals surface area (Å²) in [5.74, 6) is 0.756. The number of aliphatic carboxylic acids is 1. The van der Waals surface area contributed by atoms with Crippen molar-refractivity contribution in [2.45, 2.75) is 77.3 Å². The minimum absolute atomic E-state index is 0.230. The van der Waals surface area contributed by atoms with E-state index in [0.29, 0.717) is 17.9 Å². The quantitative estimate of drug-likeness (QED) is 0.850. The largest absolute Gasteiger partial charge is 0.480 e. The van der Waals surface area contributed by atoms with Crippen LogP contribution >= 0.6 is 0 Å². The molecule has 2 rings (SSSR count). The lowest BCUT2D eigenvalue weighted by Gasteiger charge is -2.43. The van der Waals surface area contributed by atoms with Crippen molar-refractivity contribution in [3.63, 3.8) is 0 Å². The average Bonchev–Trinajstić information content (AvgIpc) is 2.64. The Balaban J connectivity index is 2.16. The molecule has 0 amide bonds. The topological polar surface area (TPSA) is 40.5 Å². The van der Waals surface area contributed by atoms with E-state index in [9.17, 15) is 9.90 Å². The summed E-state index contributed by atoms with van der Waals surface area (Å²) in [7, 11) is 0. The van der Waals surface area contributed by atoms with E-state index in [2.05, 4.69) is 18.7 Å². The van der Waals surface area contributed by atoms with E-state index in [1.54, 1.807) is 0 Å². The number of carboxylic acid groups (broad SMARTS) is 1. The Bertz CT molecular complexity index is 303. The summed E-state index contributed by atoms with van der Waals surface area (Å²) in [6, 6.07) is 0.278. The molecule has 19 heavy (non-hydrogen) atoms. The van der Waals surface area contributed by atoms with Crippen molar-refractivity contribution in [3.8, 4) is 0 Å². The van der Waals surface area contributed by atoms with Gasteiger partial charge in [-0.25, -0.2) is 0 Å². The number of hydrogen-bond acceptors (Lipinski definition) is 2. The normalized spacial score (nSPS) is 34.2. The minimum Gasteiger partial charge on any atom is -0.480 e. The van der Waals surface area contributed by atoms with Crippen molar-refractivity contribution in [1.29, 1.82) is 0 Å². The lowest BCUT2D eigenvalue weighted by Crippen LogP contribution is -2.52. The van der Waals surface area contributed by atoms with Crippen LogP contribution in [-0.4, -0.2) is 34.6 Å². The minimum atomic E-state index is -0.602. The Morgan fingerprint density at radius 3 is 2.42 bits per heavy atom. The van der Waals surface area contributed by atoms with Crippen LogP contribution in [0, 0.1) is 11.8 Å². The second kappa shape index (κ2) is 6.74. The van der Waals surface area contributed by atoms with E-state index >= 15 is 0 Å². The van der Waals surface area contributed by atoms with Crippen LogP contribution < -0.4 is 0 Å². The first-order chi connectivity index (χ1) is 9.11. The van der Waals surface area contributed by atoms with Gasteiger partial charge in [-0.3, -0.25) is 9.69 Å². The maximum Gasteiger partial charge on any atom is 0.320 e. The van der Waals surface area contributed by atoms with Gasteiger partial charge in [0.1, 0.15) is 6.04 Å². The lowest BCUT2D eigenvalue weighted by atomic mass is 9.76. The molecule has 0 spiro atoms. The third-order valence-corrected chi connectivity index (χ3v) is 5.14. The van der Waals surface area contributed by atoms with Crippen LogP contribution in [0.5, 0.6) is 0 Å². The van der Waals surface area contributed by atoms with Crippen molar-refractivity contribution in [1.82, 2.24) is 4.90 Å². The Labute approximate surface area is 117 Å². The molecule has 1 heterocycles. The van der Waals surface area contributed by atoms with Gasteiger partial charge < -0.3 is 5.11 Å². The van der Waals surface area contributed by atoms with Gasteiger partial charge in [0.25, 0.3) is 0 Å². The molecule has 1 N–H and O–H groups in total. The molecule has 1 aliphatic carbocycles. The van der Waals surface area contributed by atoms with Crippen LogP contribution in [0.1, 0.15) is 65.2 Å². The van der Waals surface area contributed by atoms with E-state index in [0.717, 1.165) is 19.4 Å². The molecule has 3 atom stereocenters. The van der Waals surface area contributed by atoms with Crippen LogP contribution in [0.3, 0.4) is 0 Å². The second-order valence-corrected chi connectivity index (χ2v) is 6.70. The predicted molar refractivity (Wildman–Crippen MR) is 77.2 cm³/mol. The summed E-state index contributed by atoms with van der Waals surface area (Å²) in [5.41, 5.74) is 0. The highest BCUT2D eigenvalue weighted by atomic mass is 16.4. The van der Waals surface area contributed by atoms with E-state index in [1.807, 2.05) is 0 Å². The van der Waals surface area contributed by atoms with Crippen molar-refractivity contribution < 1.29 is 9.90 Å². The van der Waals surface area contributed by atoms with Gasteiger partial charge in [-0.15, -0.1) is 0 Å². The third-order valence-electron chi connectivity index (χ3n) is 5.14. The Morgan fingerprint density at radius 2 is 1.74 bits per heavy atom. The molecule has 1 saturated heterocycles. The number of carbonyl (C=O) groups is 1. The highest BCUT2D eigenvalue weighted by molar-refractivity contribution is 5.73. The standard InChI is InChI=1S/C16H29NO2/c1-12(2)13-8-5-6-9-14(13)17-11-7-3-4-10-15(17)16(18)19/h12-15H,3-11H2,1-2H3,(H,18,19). The number of rotatable bonds is 3. The fourth-order valence-corrected chi connectivity index (χ4v) is 4.12. The maximum atomic E-state index is 11.6. The molecular weight excluding hydrogens is 238 g/mol. The van der Waals surface area contributed by atoms with Gasteiger partial charge in [-0.05, 0) is 44.1 Å². The third kappa shape index (κ3) is 3.50. The van der Waals surface area contributed by atoms with Crippen LogP contribution in [0.4, 0.5) is 0 Å². The first kappa shape index (κ1) is 14.8. The number of nitrogens with zero attached hydrogens (tertiary/aromatic N) is 1. The zero-order chi connectivity index (χ0) is 13.8. The Kier molecular flexibility index (Phi) is 5.26. The number of hydrogen-bond donors (Lipinski definition) is 1. The van der Waals surface area contributed by atoms with Gasteiger partial charge in [0, 0.05) is 6.04 Å². The maximum absolute atomic E-state index is 11.6. The molecule has 0 bridgehead atoms. The van der Waals surface area contributed by atoms with Gasteiger partial charge >= 0.3 is 5.97 Å². The number of likely N-dealkylation sites (tertiary alicyclic amines) is 1. The van der Waals surface area contributed by atoms with Gasteiger partial charge in [0.15, 0.2) is 0 Å². The van der Waals surface area contributed by atoms with Crippen LogP contribution in [0.2, 0.25) is 0 Å². The SMILES string of the molecule is CC(C)C1CCCCC1N1CCCCCC1C(=O)O. The summed E-state index contributed by atoms with van der Waals surface area (Å²) < 4.78 is 0. The van der Waals surface area contributed by atoms with E-state index < -0.39 is 5.97 Å². The van der Waals surface area contributed by atoms with Crippen molar-refractivity contribution in [2.24, 2.45) is 11.8 Å². The molecule has 2 fully saturated rings. The Hall–Kier alpha value is -0.570. The fraction of sp³-hybridized carbons (Fsp3) is 0.938. The van der Waals surface area contributed by atoms with Crippen molar-refractivity contribution >= 4 is 5.97 Å². The molecule has 0 aromatic carbocycles. The zero-order valence-electron chi connectivity index (χ0n) is 12.5. The van der Waals surface area contributed by atoms with Crippen LogP contribution in [-0.2, 0) is 4.79 Å². The van der Waals surface area contributed by atoms with Crippen LogP contribution in [0.25, 0.3) is 0 Å². The summed E-state index contributed by atoms with van der Waals surface area (Å²) in [5, 5.41) is 9.55. The smallest absolute Gasteiger partial charge is 0.320 e. The molecule has 2 aliphatic rings. The van der Waals surface area contributed by atoms with Crippen LogP contribution in [0.15, 0.2) is 0 Å². The van der Waals surface area contributed by atoms with E-state index in [1.165, 1.54) is 38.5 Å². The predicted octanol–water partition coefficient (Wildman–Crippen LogP) is 3.53. The molecule has 0 radical (unpaired) electrons. The Morgan fingerprint density at radius 1 is 1.05 bits per heavy atom.